The Balaban J connectivity index is 1.60. The molecule has 3 aliphatic heterocycles. The van der Waals surface area contributed by atoms with E-state index in [0.717, 1.165) is 4.90 Å². The van der Waals surface area contributed by atoms with Crippen molar-refractivity contribution in [2.75, 3.05) is 6.54 Å². The minimum atomic E-state index is -3.16. The smallest absolute Gasteiger partial charge is 0.259 e. The molecule has 4 aliphatic rings. The van der Waals surface area contributed by atoms with Crippen LogP contribution < -0.4 is 10.6 Å². The predicted octanol–water partition coefficient (Wildman–Crippen LogP) is 1.44. The molecule has 10 heteroatoms. The van der Waals surface area contributed by atoms with Crippen molar-refractivity contribution in [2.45, 2.75) is 68.7 Å². The van der Waals surface area contributed by atoms with E-state index in [4.69, 9.17) is 0 Å². The number of carbonyl (C=O) groups is 3. The summed E-state index contributed by atoms with van der Waals surface area (Å²) in [5.74, 6) is -6.95. The van der Waals surface area contributed by atoms with Crippen molar-refractivity contribution in [3.8, 4) is 6.07 Å². The Bertz CT molecular complexity index is 1010. The molecule has 4 fully saturated rings. The predicted molar refractivity (Wildman–Crippen MR) is 116 cm³/mol. The van der Waals surface area contributed by atoms with Crippen LogP contribution in [-0.4, -0.2) is 58.3 Å². The molecule has 0 radical (unpaired) electrons. The Morgan fingerprint density at radius 2 is 2.03 bits per heavy atom. The summed E-state index contributed by atoms with van der Waals surface area (Å²) in [6.45, 7) is 1.77. The number of nitrogens with zero attached hydrogens (tertiary/aromatic N) is 2. The van der Waals surface area contributed by atoms with Gasteiger partial charge in [-0.1, -0.05) is 30.3 Å². The Morgan fingerprint density at radius 3 is 2.62 bits per heavy atom. The van der Waals surface area contributed by atoms with Crippen LogP contribution in [0.25, 0.3) is 0 Å². The molecule has 0 unspecified atom stereocenters. The first kappa shape index (κ1) is 24.1. The van der Waals surface area contributed by atoms with Gasteiger partial charge in [-0.25, -0.2) is 8.78 Å². The van der Waals surface area contributed by atoms with E-state index < -0.39 is 59.7 Å². The molecule has 6 atom stereocenters. The fourth-order valence-corrected chi connectivity index (χ4v) is 5.49. The summed E-state index contributed by atoms with van der Waals surface area (Å²) in [4.78, 5) is 39.8. The molecule has 1 aromatic rings. The number of fused-ring (bicyclic) bond motifs is 3. The van der Waals surface area contributed by atoms with Gasteiger partial charge in [0.1, 0.15) is 12.1 Å². The van der Waals surface area contributed by atoms with Gasteiger partial charge in [0.2, 0.25) is 11.8 Å². The highest BCUT2D eigenvalue weighted by molar-refractivity contribution is 5.93. The molecular formula is C24H28F2N4O4. The van der Waals surface area contributed by atoms with Gasteiger partial charge in [-0.3, -0.25) is 14.4 Å². The maximum absolute atomic E-state index is 14.9. The lowest BCUT2D eigenvalue weighted by Gasteiger charge is -2.54. The maximum atomic E-state index is 14.9. The minimum Gasteiger partial charge on any atom is -0.376 e. The van der Waals surface area contributed by atoms with Crippen molar-refractivity contribution in [3.63, 3.8) is 0 Å². The number of alkyl halides is 2. The largest absolute Gasteiger partial charge is 0.376 e. The maximum Gasteiger partial charge on any atom is 0.259 e. The summed E-state index contributed by atoms with van der Waals surface area (Å²) in [5, 5.41) is 25.8. The summed E-state index contributed by atoms with van der Waals surface area (Å²) in [6, 6.07) is 6.55. The second-order valence-corrected chi connectivity index (χ2v) is 9.60. The number of hydrogen-bond donors (Lipinski definition) is 3. The molecule has 34 heavy (non-hydrogen) atoms. The molecule has 1 aliphatic carbocycles. The molecular weight excluding hydrogens is 446 g/mol. The SMILES string of the molecule is C[C@](O)(C(=O)N1[C@@H]2CC[C@H]([C@H]1C(=O)N[C@@H](C#N)C[C@H]1CCNC1=O)C(F)(F)C2)c1ccccc1. The third-order valence-corrected chi connectivity index (χ3v) is 7.35. The normalized spacial score (nSPS) is 30.1. The number of nitrogens with one attached hydrogen (secondary N) is 2. The number of carbonyl (C=O) groups excluding carboxylic acids is 3. The lowest BCUT2D eigenvalue weighted by atomic mass is 9.70. The second-order valence-electron chi connectivity index (χ2n) is 9.60. The number of aliphatic hydroxyl groups is 1. The van der Waals surface area contributed by atoms with Gasteiger partial charge in [0.25, 0.3) is 11.8 Å². The van der Waals surface area contributed by atoms with E-state index in [-0.39, 0.29) is 24.3 Å². The van der Waals surface area contributed by atoms with Crippen LogP contribution in [0.15, 0.2) is 30.3 Å². The summed E-state index contributed by atoms with van der Waals surface area (Å²) in [6.07, 6.45) is 0.340. The van der Waals surface area contributed by atoms with Crippen molar-refractivity contribution in [1.82, 2.24) is 15.5 Å². The van der Waals surface area contributed by atoms with E-state index in [1.807, 2.05) is 6.07 Å². The lowest BCUT2D eigenvalue weighted by molar-refractivity contribution is -0.203. The lowest BCUT2D eigenvalue weighted by Crippen LogP contribution is -2.70. The molecule has 3 amide bonds. The quantitative estimate of drug-likeness (QED) is 0.576. The molecule has 3 N–H and O–H groups in total. The standard InChI is InChI=1S/C24H28F2N4O4/c1-23(34,15-5-3-2-4-6-15)22(33)30-17-7-8-18(24(25,26)12-17)19(30)21(32)29-16(13-27)11-14-9-10-28-20(14)31/h2-6,14,16-19,34H,7-12H2,1H3,(H,28,31)(H,29,32)/t14-,16-,17-,18-,19+,23-/m1/s1. The monoisotopic (exact) mass is 474 g/mol. The molecule has 0 aromatic heterocycles. The molecule has 0 spiro atoms. The van der Waals surface area contributed by atoms with Crippen LogP contribution in [0.1, 0.15) is 44.6 Å². The van der Waals surface area contributed by atoms with Gasteiger partial charge in [0.15, 0.2) is 5.60 Å². The molecule has 182 valence electrons. The summed E-state index contributed by atoms with van der Waals surface area (Å²) in [7, 11) is 0. The molecule has 8 nitrogen and oxygen atoms in total. The number of amides is 3. The van der Waals surface area contributed by atoms with Crippen molar-refractivity contribution < 1.29 is 28.3 Å². The fourth-order valence-electron chi connectivity index (χ4n) is 5.49. The van der Waals surface area contributed by atoms with Gasteiger partial charge < -0.3 is 20.6 Å². The molecule has 1 saturated carbocycles. The number of nitriles is 1. The fraction of sp³-hybridized carbons (Fsp3) is 0.583. The third kappa shape index (κ3) is 4.25. The number of benzene rings is 1. The van der Waals surface area contributed by atoms with E-state index in [2.05, 4.69) is 10.6 Å². The van der Waals surface area contributed by atoms with Gasteiger partial charge in [-0.05, 0) is 38.2 Å². The van der Waals surface area contributed by atoms with Crippen LogP contribution in [0.5, 0.6) is 0 Å². The number of hydrogen-bond acceptors (Lipinski definition) is 5. The highest BCUT2D eigenvalue weighted by Crippen LogP contribution is 2.50. The molecule has 5 rings (SSSR count). The summed E-state index contributed by atoms with van der Waals surface area (Å²) >= 11 is 0. The second kappa shape index (κ2) is 8.95. The summed E-state index contributed by atoms with van der Waals surface area (Å²) < 4.78 is 29.7. The Morgan fingerprint density at radius 1 is 1.32 bits per heavy atom. The zero-order valence-electron chi connectivity index (χ0n) is 18.8. The molecule has 3 heterocycles. The first-order valence-corrected chi connectivity index (χ1v) is 11.5. The first-order chi connectivity index (χ1) is 16.1. The van der Waals surface area contributed by atoms with Crippen molar-refractivity contribution in [2.24, 2.45) is 11.8 Å². The molecule has 1 aromatic carbocycles. The van der Waals surface area contributed by atoms with E-state index in [1.165, 1.54) is 6.92 Å². The zero-order chi connectivity index (χ0) is 24.7. The topological polar surface area (TPSA) is 123 Å². The molecule has 3 saturated heterocycles. The van der Waals surface area contributed by atoms with E-state index in [9.17, 15) is 33.5 Å². The van der Waals surface area contributed by atoms with Crippen LogP contribution in [0.2, 0.25) is 0 Å². The van der Waals surface area contributed by atoms with Crippen LogP contribution >= 0.6 is 0 Å². The Hall–Kier alpha value is -3.06. The Kier molecular flexibility index (Phi) is 6.34. The van der Waals surface area contributed by atoms with Gasteiger partial charge in [-0.15, -0.1) is 0 Å². The average molecular weight is 475 g/mol. The molecule has 2 bridgehead atoms. The van der Waals surface area contributed by atoms with Crippen molar-refractivity contribution in [3.05, 3.63) is 35.9 Å². The zero-order valence-corrected chi connectivity index (χ0v) is 18.8. The van der Waals surface area contributed by atoms with Crippen LogP contribution in [0, 0.1) is 23.2 Å². The van der Waals surface area contributed by atoms with Crippen molar-refractivity contribution >= 4 is 17.7 Å². The third-order valence-electron chi connectivity index (χ3n) is 7.35. The summed E-state index contributed by atoms with van der Waals surface area (Å²) in [5.41, 5.74) is -1.74. The minimum absolute atomic E-state index is 0.0509. The van der Waals surface area contributed by atoms with Gasteiger partial charge in [0, 0.05) is 24.9 Å². The van der Waals surface area contributed by atoms with E-state index in [0.29, 0.717) is 19.4 Å². The van der Waals surface area contributed by atoms with Crippen molar-refractivity contribution in [1.29, 1.82) is 5.26 Å². The van der Waals surface area contributed by atoms with E-state index in [1.54, 1.807) is 30.3 Å². The van der Waals surface area contributed by atoms with Crippen LogP contribution in [0.4, 0.5) is 8.78 Å². The highest BCUT2D eigenvalue weighted by Gasteiger charge is 2.62. The van der Waals surface area contributed by atoms with Gasteiger partial charge >= 0.3 is 0 Å². The number of rotatable bonds is 6. The van der Waals surface area contributed by atoms with Crippen LogP contribution in [0.3, 0.4) is 0 Å². The van der Waals surface area contributed by atoms with Gasteiger partial charge in [-0.2, -0.15) is 5.26 Å². The Labute approximate surface area is 196 Å². The first-order valence-electron chi connectivity index (χ1n) is 11.5. The number of piperidine rings is 2. The van der Waals surface area contributed by atoms with Gasteiger partial charge in [0.05, 0.1) is 12.0 Å². The number of halogens is 2. The van der Waals surface area contributed by atoms with Crippen LogP contribution in [-0.2, 0) is 20.0 Å². The average Bonchev–Trinajstić information content (AvgIpc) is 3.21. The highest BCUT2D eigenvalue weighted by atomic mass is 19.3. The van der Waals surface area contributed by atoms with E-state index >= 15 is 0 Å².